The van der Waals surface area contributed by atoms with Crippen LogP contribution in [0.25, 0.3) is 0 Å². The summed E-state index contributed by atoms with van der Waals surface area (Å²) in [5.74, 6) is -0.481. The molecule has 1 N–H and O–H groups in total. The lowest BCUT2D eigenvalue weighted by atomic mass is 10.1. The van der Waals surface area contributed by atoms with Gasteiger partial charge in [-0.25, -0.2) is 4.39 Å². The summed E-state index contributed by atoms with van der Waals surface area (Å²) < 4.78 is 13.0. The number of aromatic nitrogens is 1. The average molecular weight is 286 g/mol. The number of halogens is 3. The zero-order valence-corrected chi connectivity index (χ0v) is 10.8. The van der Waals surface area contributed by atoms with Gasteiger partial charge in [0, 0.05) is 12.6 Å². The number of aliphatic hydroxyl groups excluding tert-OH is 1. The van der Waals surface area contributed by atoms with Crippen LogP contribution in [0.1, 0.15) is 17.4 Å². The minimum Gasteiger partial charge on any atom is -0.386 e. The van der Waals surface area contributed by atoms with Crippen LogP contribution >= 0.6 is 23.2 Å². The summed E-state index contributed by atoms with van der Waals surface area (Å²) in [5.41, 5.74) is 1.12. The van der Waals surface area contributed by atoms with Crippen molar-refractivity contribution in [1.29, 1.82) is 0 Å². The zero-order chi connectivity index (χ0) is 13.1. The molecule has 18 heavy (non-hydrogen) atoms. The van der Waals surface area contributed by atoms with E-state index >= 15 is 0 Å². The van der Waals surface area contributed by atoms with Crippen molar-refractivity contribution in [3.8, 4) is 0 Å². The molecule has 0 fully saturated rings. The second-order valence-corrected chi connectivity index (χ2v) is 4.65. The van der Waals surface area contributed by atoms with Crippen molar-refractivity contribution in [3.05, 3.63) is 63.6 Å². The van der Waals surface area contributed by atoms with Gasteiger partial charge in [0.2, 0.25) is 0 Å². The molecule has 0 amide bonds. The molecule has 2 nitrogen and oxygen atoms in total. The zero-order valence-electron chi connectivity index (χ0n) is 9.28. The van der Waals surface area contributed by atoms with Gasteiger partial charge in [0.05, 0.1) is 15.7 Å². The van der Waals surface area contributed by atoms with Gasteiger partial charge in [-0.3, -0.25) is 4.98 Å². The Kier molecular flexibility index (Phi) is 4.17. The summed E-state index contributed by atoms with van der Waals surface area (Å²) >= 11 is 11.6. The number of pyridine rings is 1. The molecule has 0 aliphatic carbocycles. The molecular weight excluding hydrogens is 276 g/mol. The fourth-order valence-corrected chi connectivity index (χ4v) is 2.08. The van der Waals surface area contributed by atoms with E-state index in [2.05, 4.69) is 4.98 Å². The SMILES string of the molecule is OC(Cc1ccc(F)c(Cl)c1)c1ncccc1Cl. The summed E-state index contributed by atoms with van der Waals surface area (Å²) in [7, 11) is 0. The molecule has 0 spiro atoms. The Morgan fingerprint density at radius 3 is 2.67 bits per heavy atom. The summed E-state index contributed by atoms with van der Waals surface area (Å²) in [6.07, 6.45) is 0.985. The molecule has 94 valence electrons. The normalized spacial score (nSPS) is 12.4. The van der Waals surface area contributed by atoms with Crippen molar-refractivity contribution < 1.29 is 9.50 Å². The van der Waals surface area contributed by atoms with E-state index in [1.54, 1.807) is 24.4 Å². The highest BCUT2D eigenvalue weighted by atomic mass is 35.5. The highest BCUT2D eigenvalue weighted by Crippen LogP contribution is 2.25. The third kappa shape index (κ3) is 2.99. The lowest BCUT2D eigenvalue weighted by molar-refractivity contribution is 0.173. The summed E-state index contributed by atoms with van der Waals surface area (Å²) in [6, 6.07) is 7.67. The highest BCUT2D eigenvalue weighted by molar-refractivity contribution is 6.31. The fourth-order valence-electron chi connectivity index (χ4n) is 1.63. The van der Waals surface area contributed by atoms with Crippen LogP contribution in [0.3, 0.4) is 0 Å². The van der Waals surface area contributed by atoms with Crippen molar-refractivity contribution in [2.75, 3.05) is 0 Å². The van der Waals surface area contributed by atoms with E-state index in [0.717, 1.165) is 5.56 Å². The quantitative estimate of drug-likeness (QED) is 0.930. The van der Waals surface area contributed by atoms with Gasteiger partial charge in [-0.15, -0.1) is 0 Å². The maximum Gasteiger partial charge on any atom is 0.141 e. The molecule has 1 atom stereocenters. The molecular formula is C13H10Cl2FNO. The first kappa shape index (κ1) is 13.3. The molecule has 2 rings (SSSR count). The van der Waals surface area contributed by atoms with Gasteiger partial charge in [0.15, 0.2) is 0 Å². The first-order chi connectivity index (χ1) is 8.58. The van der Waals surface area contributed by atoms with E-state index < -0.39 is 11.9 Å². The molecule has 0 bridgehead atoms. The first-order valence-electron chi connectivity index (χ1n) is 5.30. The molecule has 1 aromatic carbocycles. The van der Waals surface area contributed by atoms with Gasteiger partial charge in [0.1, 0.15) is 11.9 Å². The van der Waals surface area contributed by atoms with E-state index in [1.165, 1.54) is 12.1 Å². The Labute approximate surface area is 114 Å². The number of nitrogens with zero attached hydrogens (tertiary/aromatic N) is 1. The van der Waals surface area contributed by atoms with Crippen molar-refractivity contribution in [2.24, 2.45) is 0 Å². The van der Waals surface area contributed by atoms with Crippen molar-refractivity contribution in [1.82, 2.24) is 4.98 Å². The van der Waals surface area contributed by atoms with Crippen LogP contribution in [-0.4, -0.2) is 10.1 Å². The Balaban J connectivity index is 2.19. The third-order valence-corrected chi connectivity index (χ3v) is 3.12. The topological polar surface area (TPSA) is 33.1 Å². The van der Waals surface area contributed by atoms with Crippen LogP contribution in [-0.2, 0) is 6.42 Å². The maximum atomic E-state index is 13.0. The number of hydrogen-bond donors (Lipinski definition) is 1. The highest BCUT2D eigenvalue weighted by Gasteiger charge is 2.14. The average Bonchev–Trinajstić information content (AvgIpc) is 2.34. The van der Waals surface area contributed by atoms with E-state index in [-0.39, 0.29) is 11.4 Å². The predicted molar refractivity (Wildman–Crippen MR) is 69.3 cm³/mol. The Hall–Kier alpha value is -1.16. The minimum absolute atomic E-state index is 0.0341. The predicted octanol–water partition coefficient (Wildman–Crippen LogP) is 3.80. The molecule has 1 unspecified atom stereocenters. The molecule has 1 aromatic heterocycles. The van der Waals surface area contributed by atoms with Gasteiger partial charge in [-0.2, -0.15) is 0 Å². The molecule has 0 radical (unpaired) electrons. The molecule has 0 saturated heterocycles. The Morgan fingerprint density at radius 1 is 1.22 bits per heavy atom. The smallest absolute Gasteiger partial charge is 0.141 e. The molecule has 0 saturated carbocycles. The number of aliphatic hydroxyl groups is 1. The standard InChI is InChI=1S/C13H10Cl2FNO/c14-9-2-1-5-17-13(9)12(18)7-8-3-4-11(16)10(15)6-8/h1-6,12,18H,7H2. The van der Waals surface area contributed by atoms with Crippen LogP contribution in [0.2, 0.25) is 10.0 Å². The maximum absolute atomic E-state index is 13.0. The van der Waals surface area contributed by atoms with Gasteiger partial charge in [-0.05, 0) is 29.8 Å². The van der Waals surface area contributed by atoms with Crippen LogP contribution in [0.4, 0.5) is 4.39 Å². The molecule has 0 aliphatic heterocycles. The summed E-state index contributed by atoms with van der Waals surface area (Å²) in [5, 5.41) is 10.5. The molecule has 1 heterocycles. The van der Waals surface area contributed by atoms with Gasteiger partial charge < -0.3 is 5.11 Å². The van der Waals surface area contributed by atoms with Crippen LogP contribution in [0, 0.1) is 5.82 Å². The molecule has 0 aliphatic rings. The van der Waals surface area contributed by atoms with Crippen molar-refractivity contribution in [3.63, 3.8) is 0 Å². The molecule has 2 aromatic rings. The lowest BCUT2D eigenvalue weighted by Gasteiger charge is -2.11. The number of benzene rings is 1. The van der Waals surface area contributed by atoms with E-state index in [1.807, 2.05) is 0 Å². The summed E-state index contributed by atoms with van der Waals surface area (Å²) in [4.78, 5) is 4.03. The third-order valence-electron chi connectivity index (χ3n) is 2.52. The van der Waals surface area contributed by atoms with E-state index in [0.29, 0.717) is 10.7 Å². The van der Waals surface area contributed by atoms with Gasteiger partial charge >= 0.3 is 0 Å². The Bertz CT molecular complexity index is 562. The second kappa shape index (κ2) is 5.65. The fraction of sp³-hybridized carbons (Fsp3) is 0.154. The Morgan fingerprint density at radius 2 is 2.00 bits per heavy atom. The van der Waals surface area contributed by atoms with E-state index in [9.17, 15) is 9.50 Å². The number of rotatable bonds is 3. The molecule has 5 heteroatoms. The van der Waals surface area contributed by atoms with Gasteiger partial charge in [-0.1, -0.05) is 29.3 Å². The largest absolute Gasteiger partial charge is 0.386 e. The first-order valence-corrected chi connectivity index (χ1v) is 6.06. The number of hydrogen-bond acceptors (Lipinski definition) is 2. The van der Waals surface area contributed by atoms with Crippen LogP contribution in [0.5, 0.6) is 0 Å². The minimum atomic E-state index is -0.847. The monoisotopic (exact) mass is 285 g/mol. The van der Waals surface area contributed by atoms with E-state index in [4.69, 9.17) is 23.2 Å². The van der Waals surface area contributed by atoms with Crippen LogP contribution in [0.15, 0.2) is 36.5 Å². The van der Waals surface area contributed by atoms with Crippen LogP contribution < -0.4 is 0 Å². The van der Waals surface area contributed by atoms with Crippen molar-refractivity contribution >= 4 is 23.2 Å². The second-order valence-electron chi connectivity index (χ2n) is 3.84. The van der Waals surface area contributed by atoms with Gasteiger partial charge in [0.25, 0.3) is 0 Å². The summed E-state index contributed by atoms with van der Waals surface area (Å²) in [6.45, 7) is 0. The van der Waals surface area contributed by atoms with Crippen molar-refractivity contribution in [2.45, 2.75) is 12.5 Å². The lowest BCUT2D eigenvalue weighted by Crippen LogP contribution is -2.05.